The molecule has 9 nitrogen and oxygen atoms in total. The van der Waals surface area contributed by atoms with Gasteiger partial charge in [0.25, 0.3) is 0 Å². The van der Waals surface area contributed by atoms with Crippen molar-refractivity contribution >= 4 is 76.3 Å². The number of nitrogens with zero attached hydrogens (tertiary/aromatic N) is 3. The molecule has 1 aliphatic rings. The van der Waals surface area contributed by atoms with E-state index in [9.17, 15) is 21.6 Å². The molecule has 1 amide bonds. The standard InChI is InChI=1S/C23H26ClN3O6S3.ClH/c1-35(29,30)20-4-2-3-19-22(20)25-23(34-19)27(11-10-26-12-14-33-15-13-26)21(28)9-16-36(31,32)18-7-5-17(24)6-8-18;/h2-8H,9-16H2,1H3;1H. The van der Waals surface area contributed by atoms with Crippen molar-refractivity contribution in [2.75, 3.05) is 56.3 Å². The van der Waals surface area contributed by atoms with E-state index < -0.39 is 25.6 Å². The predicted molar refractivity (Wildman–Crippen MR) is 148 cm³/mol. The van der Waals surface area contributed by atoms with E-state index in [0.29, 0.717) is 40.1 Å². The molecule has 1 aromatic heterocycles. The average molecular weight is 609 g/mol. The van der Waals surface area contributed by atoms with Crippen LogP contribution in [-0.4, -0.2) is 84.0 Å². The van der Waals surface area contributed by atoms with E-state index in [2.05, 4.69) is 9.88 Å². The van der Waals surface area contributed by atoms with Crippen molar-refractivity contribution in [2.24, 2.45) is 0 Å². The lowest BCUT2D eigenvalue weighted by Gasteiger charge is -2.29. The first kappa shape index (κ1) is 29.8. The fraction of sp³-hybridized carbons (Fsp3) is 0.391. The van der Waals surface area contributed by atoms with Crippen LogP contribution in [0.3, 0.4) is 0 Å². The fourth-order valence-corrected chi connectivity index (χ4v) is 7.12. The summed E-state index contributed by atoms with van der Waals surface area (Å²) >= 11 is 7.06. The van der Waals surface area contributed by atoms with Crippen molar-refractivity contribution in [3.63, 3.8) is 0 Å². The van der Waals surface area contributed by atoms with Crippen molar-refractivity contribution in [3.05, 3.63) is 47.5 Å². The number of aromatic nitrogens is 1. The summed E-state index contributed by atoms with van der Waals surface area (Å²) in [6, 6.07) is 10.7. The van der Waals surface area contributed by atoms with E-state index >= 15 is 0 Å². The predicted octanol–water partition coefficient (Wildman–Crippen LogP) is 3.30. The minimum atomic E-state index is -3.70. The molecule has 0 N–H and O–H groups in total. The van der Waals surface area contributed by atoms with Gasteiger partial charge in [0.05, 0.1) is 33.5 Å². The third kappa shape index (κ3) is 7.41. The number of benzene rings is 2. The molecule has 0 unspecified atom stereocenters. The summed E-state index contributed by atoms with van der Waals surface area (Å²) in [5.74, 6) is -0.776. The maximum absolute atomic E-state index is 13.4. The Morgan fingerprint density at radius 3 is 2.43 bits per heavy atom. The number of para-hydroxylation sites is 1. The Bertz CT molecular complexity index is 1450. The number of carbonyl (C=O) groups excluding carboxylic acids is 1. The second kappa shape index (κ2) is 12.4. The third-order valence-corrected chi connectivity index (χ3v) is 9.96. The first-order chi connectivity index (χ1) is 17.0. The normalized spacial score (nSPS) is 14.9. The lowest BCUT2D eigenvalue weighted by atomic mass is 10.3. The Kier molecular flexibility index (Phi) is 9.95. The second-order valence-corrected chi connectivity index (χ2v) is 13.9. The van der Waals surface area contributed by atoms with Gasteiger partial charge in [0.2, 0.25) is 5.91 Å². The Labute approximate surface area is 231 Å². The largest absolute Gasteiger partial charge is 0.379 e. The Hall–Kier alpha value is -1.80. The maximum atomic E-state index is 13.4. The summed E-state index contributed by atoms with van der Waals surface area (Å²) in [5, 5.41) is 0.756. The number of morpholine rings is 1. The zero-order chi connectivity index (χ0) is 25.9. The van der Waals surface area contributed by atoms with Crippen molar-refractivity contribution in [1.82, 2.24) is 9.88 Å². The molecule has 0 saturated carbocycles. The topological polar surface area (TPSA) is 114 Å². The summed E-state index contributed by atoms with van der Waals surface area (Å²) in [7, 11) is -7.23. The monoisotopic (exact) mass is 607 g/mol. The number of carbonyl (C=O) groups is 1. The van der Waals surface area contributed by atoms with Gasteiger partial charge in [0, 0.05) is 43.9 Å². The van der Waals surface area contributed by atoms with E-state index in [-0.39, 0.29) is 40.9 Å². The number of halogens is 2. The van der Waals surface area contributed by atoms with E-state index in [1.165, 1.54) is 46.6 Å². The number of ether oxygens (including phenoxy) is 1. The fourth-order valence-electron chi connectivity index (χ4n) is 3.84. The van der Waals surface area contributed by atoms with Gasteiger partial charge in [-0.25, -0.2) is 21.8 Å². The molecule has 0 bridgehead atoms. The number of hydrogen-bond donors (Lipinski definition) is 0. The lowest BCUT2D eigenvalue weighted by Crippen LogP contribution is -2.43. The quantitative estimate of drug-likeness (QED) is 0.364. The number of fused-ring (bicyclic) bond motifs is 1. The summed E-state index contributed by atoms with van der Waals surface area (Å²) < 4.78 is 56.1. The second-order valence-electron chi connectivity index (χ2n) is 8.39. The van der Waals surface area contributed by atoms with Gasteiger partial charge in [-0.05, 0) is 36.4 Å². The molecule has 2 aromatic carbocycles. The van der Waals surface area contributed by atoms with E-state index in [4.69, 9.17) is 16.3 Å². The van der Waals surface area contributed by atoms with E-state index in [1.807, 2.05) is 0 Å². The zero-order valence-electron chi connectivity index (χ0n) is 20.0. The number of amides is 1. The van der Waals surface area contributed by atoms with Crippen molar-refractivity contribution in [2.45, 2.75) is 16.2 Å². The highest BCUT2D eigenvalue weighted by Crippen LogP contribution is 2.33. The van der Waals surface area contributed by atoms with Crippen LogP contribution in [0, 0.1) is 0 Å². The van der Waals surface area contributed by atoms with Crippen LogP contribution in [0.25, 0.3) is 10.2 Å². The Balaban J connectivity index is 0.00000380. The molecule has 0 atom stereocenters. The molecule has 1 fully saturated rings. The van der Waals surface area contributed by atoms with Gasteiger partial charge in [0.1, 0.15) is 5.52 Å². The minimum Gasteiger partial charge on any atom is -0.379 e. The number of rotatable bonds is 9. The molecule has 37 heavy (non-hydrogen) atoms. The molecule has 0 spiro atoms. The molecule has 1 saturated heterocycles. The summed E-state index contributed by atoms with van der Waals surface area (Å²) in [6.07, 6.45) is 0.868. The molecular weight excluding hydrogens is 581 g/mol. The number of thiazole rings is 1. The van der Waals surface area contributed by atoms with Crippen LogP contribution < -0.4 is 4.90 Å². The van der Waals surface area contributed by atoms with E-state index in [0.717, 1.165) is 19.3 Å². The Morgan fingerprint density at radius 2 is 1.78 bits per heavy atom. The van der Waals surface area contributed by atoms with E-state index in [1.54, 1.807) is 12.1 Å². The average Bonchev–Trinajstić information content (AvgIpc) is 3.27. The number of hydrogen-bond acceptors (Lipinski definition) is 9. The van der Waals surface area contributed by atoms with Crippen molar-refractivity contribution < 1.29 is 26.4 Å². The summed E-state index contributed by atoms with van der Waals surface area (Å²) in [5.41, 5.74) is 0.304. The molecule has 0 aliphatic carbocycles. The number of anilines is 1. The first-order valence-corrected chi connectivity index (χ1v) is 16.0. The van der Waals surface area contributed by atoms with Crippen LogP contribution in [0.15, 0.2) is 52.3 Å². The highest BCUT2D eigenvalue weighted by Gasteiger charge is 2.25. The van der Waals surface area contributed by atoms with Gasteiger partial charge in [-0.3, -0.25) is 14.6 Å². The molecule has 1 aliphatic heterocycles. The van der Waals surface area contributed by atoms with Crippen LogP contribution in [0.2, 0.25) is 5.02 Å². The first-order valence-electron chi connectivity index (χ1n) is 11.2. The van der Waals surface area contributed by atoms with Crippen molar-refractivity contribution in [3.8, 4) is 0 Å². The van der Waals surface area contributed by atoms with Gasteiger partial charge in [-0.2, -0.15) is 0 Å². The lowest BCUT2D eigenvalue weighted by molar-refractivity contribution is -0.118. The van der Waals surface area contributed by atoms with Crippen molar-refractivity contribution in [1.29, 1.82) is 0 Å². The summed E-state index contributed by atoms with van der Waals surface area (Å²) in [4.78, 5) is 21.7. The highest BCUT2D eigenvalue weighted by atomic mass is 35.5. The zero-order valence-corrected chi connectivity index (χ0v) is 24.0. The molecule has 14 heteroatoms. The SMILES string of the molecule is CS(=O)(=O)c1cccc2sc(N(CCN3CCOCC3)C(=O)CCS(=O)(=O)c3ccc(Cl)cc3)nc12.Cl. The van der Waals surface area contributed by atoms with Crippen LogP contribution in [0.5, 0.6) is 0 Å². The minimum absolute atomic E-state index is 0. The van der Waals surface area contributed by atoms with Crippen LogP contribution >= 0.6 is 35.3 Å². The van der Waals surface area contributed by atoms with Gasteiger partial charge in [-0.15, -0.1) is 12.4 Å². The van der Waals surface area contributed by atoms with Crippen LogP contribution in [0.4, 0.5) is 5.13 Å². The molecule has 4 rings (SSSR count). The van der Waals surface area contributed by atoms with Crippen LogP contribution in [0.1, 0.15) is 6.42 Å². The molecular formula is C23H27Cl2N3O6S3. The van der Waals surface area contributed by atoms with Gasteiger partial charge < -0.3 is 4.74 Å². The van der Waals surface area contributed by atoms with Gasteiger partial charge >= 0.3 is 0 Å². The van der Waals surface area contributed by atoms with Gasteiger partial charge in [0.15, 0.2) is 24.8 Å². The number of sulfone groups is 2. The highest BCUT2D eigenvalue weighted by molar-refractivity contribution is 7.91. The smallest absolute Gasteiger partial charge is 0.229 e. The molecule has 0 radical (unpaired) electrons. The molecule has 202 valence electrons. The summed E-state index contributed by atoms with van der Waals surface area (Å²) in [6.45, 7) is 3.50. The maximum Gasteiger partial charge on any atom is 0.229 e. The third-order valence-electron chi connectivity index (χ3n) is 5.80. The van der Waals surface area contributed by atoms with Gasteiger partial charge in [-0.1, -0.05) is 29.0 Å². The molecule has 2 heterocycles. The van der Waals surface area contributed by atoms with Crippen LogP contribution in [-0.2, 0) is 29.2 Å². The molecule has 3 aromatic rings. The Morgan fingerprint density at radius 1 is 1.11 bits per heavy atom.